The first-order valence-electron chi connectivity index (χ1n) is 8.62. The minimum Gasteiger partial charge on any atom is -0.352 e. The van der Waals surface area contributed by atoms with E-state index in [0.29, 0.717) is 25.2 Å². The maximum Gasteiger partial charge on any atom is 0.247 e. The zero-order chi connectivity index (χ0) is 18.2. The van der Waals surface area contributed by atoms with Gasteiger partial charge < -0.3 is 15.5 Å². The fourth-order valence-corrected chi connectivity index (χ4v) is 2.91. The van der Waals surface area contributed by atoms with E-state index in [2.05, 4.69) is 17.2 Å². The van der Waals surface area contributed by atoms with Crippen LogP contribution in [0.2, 0.25) is 0 Å². The van der Waals surface area contributed by atoms with Gasteiger partial charge in [-0.05, 0) is 30.5 Å². The highest BCUT2D eigenvalue weighted by atomic mass is 16.2. The van der Waals surface area contributed by atoms with Crippen molar-refractivity contribution < 1.29 is 14.4 Å². The van der Waals surface area contributed by atoms with Gasteiger partial charge >= 0.3 is 0 Å². The van der Waals surface area contributed by atoms with Crippen LogP contribution in [-0.4, -0.2) is 41.8 Å². The Morgan fingerprint density at radius 3 is 2.80 bits per heavy atom. The van der Waals surface area contributed by atoms with Gasteiger partial charge in [-0.25, -0.2) is 0 Å². The highest BCUT2D eigenvalue weighted by Crippen LogP contribution is 2.18. The van der Waals surface area contributed by atoms with Crippen molar-refractivity contribution in [1.82, 2.24) is 10.2 Å². The second-order valence-corrected chi connectivity index (χ2v) is 6.13. The van der Waals surface area contributed by atoms with Gasteiger partial charge in [0.1, 0.15) is 0 Å². The van der Waals surface area contributed by atoms with Crippen molar-refractivity contribution in [3.63, 3.8) is 0 Å². The van der Waals surface area contributed by atoms with Crippen molar-refractivity contribution in [2.75, 3.05) is 18.4 Å². The van der Waals surface area contributed by atoms with E-state index >= 15 is 0 Å². The summed E-state index contributed by atoms with van der Waals surface area (Å²) in [7, 11) is 0. The Balaban J connectivity index is 2.00. The first kappa shape index (κ1) is 18.7. The van der Waals surface area contributed by atoms with Crippen LogP contribution in [0.3, 0.4) is 0 Å². The topological polar surface area (TPSA) is 78.5 Å². The van der Waals surface area contributed by atoms with E-state index in [-0.39, 0.29) is 30.2 Å². The molecule has 6 heteroatoms. The number of nitrogens with one attached hydrogen (secondary N) is 2. The van der Waals surface area contributed by atoms with Crippen LogP contribution in [0.5, 0.6) is 0 Å². The van der Waals surface area contributed by atoms with Crippen LogP contribution >= 0.6 is 0 Å². The summed E-state index contributed by atoms with van der Waals surface area (Å²) in [5, 5.41) is 5.69. The molecule has 6 nitrogen and oxygen atoms in total. The number of likely N-dealkylation sites (tertiary alicyclic amines) is 1. The van der Waals surface area contributed by atoms with Crippen molar-refractivity contribution in [2.45, 2.75) is 38.6 Å². The van der Waals surface area contributed by atoms with Gasteiger partial charge in [0.05, 0.1) is 6.42 Å². The zero-order valence-corrected chi connectivity index (χ0v) is 14.6. The van der Waals surface area contributed by atoms with Crippen LogP contribution in [0.1, 0.15) is 31.7 Å². The molecule has 0 radical (unpaired) electrons. The SMILES string of the molecule is C=CC(=O)Nc1ccccc1CC(=O)N1CCCC(NC(=O)CC)C1. The van der Waals surface area contributed by atoms with Gasteiger partial charge in [0.15, 0.2) is 0 Å². The number of anilines is 1. The molecule has 1 heterocycles. The van der Waals surface area contributed by atoms with Crippen molar-refractivity contribution >= 4 is 23.4 Å². The number of hydrogen-bond acceptors (Lipinski definition) is 3. The number of carbonyl (C=O) groups is 3. The lowest BCUT2D eigenvalue weighted by Gasteiger charge is -2.33. The quantitative estimate of drug-likeness (QED) is 0.774. The molecule has 1 unspecified atom stereocenters. The highest BCUT2D eigenvalue weighted by Gasteiger charge is 2.25. The van der Waals surface area contributed by atoms with E-state index in [1.807, 2.05) is 25.1 Å². The first-order chi connectivity index (χ1) is 12.0. The third kappa shape index (κ3) is 5.45. The molecule has 25 heavy (non-hydrogen) atoms. The second-order valence-electron chi connectivity index (χ2n) is 6.13. The smallest absolute Gasteiger partial charge is 0.247 e. The summed E-state index contributed by atoms with van der Waals surface area (Å²) in [6.07, 6.45) is 3.61. The maximum absolute atomic E-state index is 12.7. The van der Waals surface area contributed by atoms with E-state index in [1.54, 1.807) is 11.0 Å². The fraction of sp³-hybridized carbons (Fsp3) is 0.421. The summed E-state index contributed by atoms with van der Waals surface area (Å²) >= 11 is 0. The largest absolute Gasteiger partial charge is 0.352 e. The number of benzene rings is 1. The molecule has 0 aromatic heterocycles. The van der Waals surface area contributed by atoms with Crippen molar-refractivity contribution in [3.05, 3.63) is 42.5 Å². The number of carbonyl (C=O) groups excluding carboxylic acids is 3. The number of nitrogens with zero attached hydrogens (tertiary/aromatic N) is 1. The summed E-state index contributed by atoms with van der Waals surface area (Å²) in [6, 6.07) is 7.26. The van der Waals surface area contributed by atoms with Crippen LogP contribution < -0.4 is 10.6 Å². The third-order valence-electron chi connectivity index (χ3n) is 4.26. The first-order valence-corrected chi connectivity index (χ1v) is 8.62. The van der Waals surface area contributed by atoms with E-state index in [1.165, 1.54) is 6.08 Å². The van der Waals surface area contributed by atoms with Gasteiger partial charge in [-0.1, -0.05) is 31.7 Å². The lowest BCUT2D eigenvalue weighted by Crippen LogP contribution is -2.49. The lowest BCUT2D eigenvalue weighted by atomic mass is 10.0. The average molecular weight is 343 g/mol. The third-order valence-corrected chi connectivity index (χ3v) is 4.26. The minimum atomic E-state index is -0.305. The normalized spacial score (nSPS) is 16.8. The van der Waals surface area contributed by atoms with E-state index in [9.17, 15) is 14.4 Å². The lowest BCUT2D eigenvalue weighted by molar-refractivity contribution is -0.133. The summed E-state index contributed by atoms with van der Waals surface area (Å²) in [5.41, 5.74) is 1.39. The summed E-state index contributed by atoms with van der Waals surface area (Å²) in [6.45, 7) is 6.48. The van der Waals surface area contributed by atoms with Crippen LogP contribution in [0.15, 0.2) is 36.9 Å². The Hall–Kier alpha value is -2.63. The molecule has 3 amide bonds. The molecule has 2 N–H and O–H groups in total. The van der Waals surface area contributed by atoms with Crippen LogP contribution in [0.4, 0.5) is 5.69 Å². The monoisotopic (exact) mass is 343 g/mol. The Kier molecular flexibility index (Phi) is 6.74. The van der Waals surface area contributed by atoms with Crippen LogP contribution in [0, 0.1) is 0 Å². The van der Waals surface area contributed by atoms with Crippen molar-refractivity contribution in [1.29, 1.82) is 0 Å². The molecule has 0 bridgehead atoms. The molecule has 1 aliphatic rings. The van der Waals surface area contributed by atoms with Gasteiger partial charge in [0.2, 0.25) is 17.7 Å². The minimum absolute atomic E-state index is 0.00394. The standard InChI is InChI=1S/C19H25N3O3/c1-3-17(23)20-15-9-7-11-22(13-15)19(25)12-14-8-5-6-10-16(14)21-18(24)4-2/h4-6,8,10,15H,2-3,7,9,11-13H2,1H3,(H,20,23)(H,21,24). The molecule has 1 aromatic rings. The number of para-hydroxylation sites is 1. The molecule has 1 fully saturated rings. The second kappa shape index (κ2) is 9.01. The van der Waals surface area contributed by atoms with Gasteiger partial charge in [0, 0.05) is 31.2 Å². The number of rotatable bonds is 6. The molecule has 0 aliphatic carbocycles. The molecule has 1 aliphatic heterocycles. The Morgan fingerprint density at radius 1 is 1.32 bits per heavy atom. The number of hydrogen-bond donors (Lipinski definition) is 2. The van der Waals surface area contributed by atoms with Crippen LogP contribution in [-0.2, 0) is 20.8 Å². The molecular weight excluding hydrogens is 318 g/mol. The van der Waals surface area contributed by atoms with Crippen molar-refractivity contribution in [2.24, 2.45) is 0 Å². The van der Waals surface area contributed by atoms with Gasteiger partial charge in [-0.15, -0.1) is 0 Å². The maximum atomic E-state index is 12.7. The molecule has 1 saturated heterocycles. The summed E-state index contributed by atoms with van der Waals surface area (Å²) < 4.78 is 0. The van der Waals surface area contributed by atoms with Crippen molar-refractivity contribution in [3.8, 4) is 0 Å². The molecule has 2 rings (SSSR count). The zero-order valence-electron chi connectivity index (χ0n) is 14.6. The molecule has 1 aromatic carbocycles. The van der Waals surface area contributed by atoms with E-state index < -0.39 is 0 Å². The predicted octanol–water partition coefficient (Wildman–Crippen LogP) is 1.87. The van der Waals surface area contributed by atoms with Gasteiger partial charge in [-0.2, -0.15) is 0 Å². The van der Waals surface area contributed by atoms with Crippen LogP contribution in [0.25, 0.3) is 0 Å². The van der Waals surface area contributed by atoms with E-state index in [0.717, 1.165) is 18.4 Å². The summed E-state index contributed by atoms with van der Waals surface area (Å²) in [4.78, 5) is 37.5. The number of piperidine rings is 1. The Morgan fingerprint density at radius 2 is 2.08 bits per heavy atom. The molecular formula is C19H25N3O3. The predicted molar refractivity (Wildman–Crippen MR) is 97.0 cm³/mol. The number of amides is 3. The van der Waals surface area contributed by atoms with E-state index in [4.69, 9.17) is 0 Å². The summed E-state index contributed by atoms with van der Waals surface area (Å²) in [5.74, 6) is -0.298. The Labute approximate surface area is 148 Å². The molecule has 0 saturated carbocycles. The average Bonchev–Trinajstić information content (AvgIpc) is 2.63. The molecule has 1 atom stereocenters. The molecule has 134 valence electrons. The van der Waals surface area contributed by atoms with Gasteiger partial charge in [-0.3, -0.25) is 14.4 Å². The fourth-order valence-electron chi connectivity index (χ4n) is 2.91. The Bertz CT molecular complexity index is 657. The van der Waals surface area contributed by atoms with Gasteiger partial charge in [0.25, 0.3) is 0 Å². The molecule has 0 spiro atoms. The highest BCUT2D eigenvalue weighted by molar-refractivity contribution is 5.99.